The number of nitrogens with zero attached hydrogens (tertiary/aromatic N) is 2. The molecule has 18 heteroatoms. The zero-order chi connectivity index (χ0) is 71.7. The van der Waals surface area contributed by atoms with E-state index in [0.29, 0.717) is 61.3 Å². The number of allylic oxidation sites excluding steroid dienone is 1. The predicted octanol–water partition coefficient (Wildman–Crippen LogP) is 15.8. The lowest BCUT2D eigenvalue weighted by molar-refractivity contribution is -0.384. The van der Waals surface area contributed by atoms with E-state index in [4.69, 9.17) is 24.7 Å². The third-order valence-electron chi connectivity index (χ3n) is 22.6. The number of anilines is 1. The number of ether oxygens (including phenoxy) is 4. The Bertz CT molecular complexity index is 3740. The molecule has 0 aromatic heterocycles. The number of nitro benzene ring substituents is 1. The minimum absolute atomic E-state index is 0.0217. The molecule has 538 valence electrons. The van der Waals surface area contributed by atoms with E-state index in [0.717, 1.165) is 76.4 Å². The fourth-order valence-corrected chi connectivity index (χ4v) is 17.3. The highest BCUT2D eigenvalue weighted by Gasteiger charge is 2.59. The van der Waals surface area contributed by atoms with Crippen LogP contribution in [-0.2, 0) is 47.2 Å². The van der Waals surface area contributed by atoms with Crippen molar-refractivity contribution in [2.75, 3.05) is 31.7 Å². The molecule has 4 aliphatic rings. The molecule has 3 fully saturated rings. The van der Waals surface area contributed by atoms with E-state index in [1.807, 2.05) is 60.7 Å². The number of nitrogens with two attached hydrogens (primary N) is 1. The van der Waals surface area contributed by atoms with Crippen molar-refractivity contribution in [1.82, 2.24) is 16.0 Å². The van der Waals surface area contributed by atoms with E-state index < -0.39 is 52.2 Å². The number of halogens is 1. The second kappa shape index (κ2) is 34.9. The quantitative estimate of drug-likeness (QED) is 0.00572. The SMILES string of the molecule is COc1ccc(C(NCCCC[C@H](N)C(=O)N(C(=O)[C@H](Cc2cccc(F)c2)NC(=O)CCC(=O)NCCCOC2CC[C@@]3(C)C(=CC[C@H]4[C@@H]5CC[C@H]([C@H](C)CCCC(C)C)[C@@]5(C)CC[C@@H]43)C2)c2ccc(COC(=O)Oc3ccc([N+](=O)[O-])cc3)cc2)(c2ccccc2)c2ccccc2)cc1. The Morgan fingerprint density at radius 3 is 2.06 bits per heavy atom. The van der Waals surface area contributed by atoms with Crippen LogP contribution in [0, 0.1) is 62.3 Å². The number of nitro groups is 1. The summed E-state index contributed by atoms with van der Waals surface area (Å²) < 4.78 is 37.5. The van der Waals surface area contributed by atoms with Crippen molar-refractivity contribution < 1.29 is 52.2 Å². The van der Waals surface area contributed by atoms with Gasteiger partial charge in [0.05, 0.1) is 35.4 Å². The molecule has 0 aliphatic heterocycles. The number of methoxy groups -OCH3 is 1. The minimum Gasteiger partial charge on any atom is -0.497 e. The van der Waals surface area contributed by atoms with Gasteiger partial charge < -0.3 is 35.3 Å². The molecule has 0 saturated heterocycles. The van der Waals surface area contributed by atoms with Crippen LogP contribution in [0.2, 0.25) is 0 Å². The summed E-state index contributed by atoms with van der Waals surface area (Å²) in [6.45, 7) is 13.5. The standard InChI is InChI=1S/C83H103FN6O11/c1-56(2)18-15-19-57(3)71-41-42-72-70-40-31-63-54-69(45-47-81(63,4)73(70)46-48-82(71,72)5)99-51-17-49-86-76(91)43-44-77(92)88-75(53-59-20-16-25-64(84)52-59)79(94)89(65-32-27-58(28-33-65)55-100-80(95)101-68-38-34-66(35-39-68)90(96)97)78(93)74(85)26-13-14-50-87-83(60-21-9-7-10-22-60,61-23-11-8-12-24-61)62-29-36-67(98-6)37-30-62/h7-12,16,20-25,27-39,52,56-57,69-75,87H,13-15,17-19,26,40-51,53-55,85H2,1-6H3,(H,86,91)(H,88,92)/t57-,69?,70+,71-,72+,73+,74+,75+,81+,82-/m1/s1. The van der Waals surface area contributed by atoms with Crippen molar-refractivity contribution >= 4 is 41.2 Å². The number of amides is 4. The van der Waals surface area contributed by atoms with Crippen molar-refractivity contribution in [2.45, 2.75) is 181 Å². The molecule has 6 aromatic rings. The number of imide groups is 1. The van der Waals surface area contributed by atoms with Gasteiger partial charge in [-0.2, -0.15) is 0 Å². The summed E-state index contributed by atoms with van der Waals surface area (Å²) in [6, 6.07) is 42.0. The van der Waals surface area contributed by atoms with E-state index in [-0.39, 0.29) is 66.8 Å². The Labute approximate surface area is 595 Å². The van der Waals surface area contributed by atoms with Gasteiger partial charge in [0.15, 0.2) is 0 Å². The Morgan fingerprint density at radius 2 is 1.39 bits per heavy atom. The first-order chi connectivity index (χ1) is 48.7. The highest BCUT2D eigenvalue weighted by atomic mass is 19.1. The molecule has 17 nitrogen and oxygen atoms in total. The Balaban J connectivity index is 0.761. The van der Waals surface area contributed by atoms with Gasteiger partial charge in [-0.25, -0.2) is 14.1 Å². The van der Waals surface area contributed by atoms with Crippen LogP contribution >= 0.6 is 0 Å². The number of carbonyl (C=O) groups excluding carboxylic acids is 5. The number of hydrogen-bond donors (Lipinski definition) is 4. The molecular weight excluding hydrogens is 1280 g/mol. The Kier molecular flexibility index (Phi) is 25.9. The third kappa shape index (κ3) is 18.6. The zero-order valence-electron chi connectivity index (χ0n) is 59.7. The summed E-state index contributed by atoms with van der Waals surface area (Å²) in [5.74, 6) is 2.25. The van der Waals surface area contributed by atoms with Crippen LogP contribution in [0.4, 0.5) is 20.6 Å². The lowest BCUT2D eigenvalue weighted by atomic mass is 9.47. The number of carbonyl (C=O) groups is 5. The summed E-state index contributed by atoms with van der Waals surface area (Å²) in [5.41, 5.74) is 12.0. The normalized spacial score (nSPS) is 21.7. The summed E-state index contributed by atoms with van der Waals surface area (Å²) in [7, 11) is 1.63. The molecule has 10 atom stereocenters. The maximum atomic E-state index is 15.3. The number of nitrogens with one attached hydrogen (secondary N) is 3. The molecule has 0 spiro atoms. The van der Waals surface area contributed by atoms with Crippen molar-refractivity contribution in [3.8, 4) is 11.5 Å². The number of hydrogen-bond acceptors (Lipinski definition) is 13. The van der Waals surface area contributed by atoms with Crippen LogP contribution in [0.5, 0.6) is 11.5 Å². The van der Waals surface area contributed by atoms with Gasteiger partial charge in [0.2, 0.25) is 11.8 Å². The van der Waals surface area contributed by atoms with E-state index in [9.17, 15) is 28.9 Å². The Morgan fingerprint density at radius 1 is 0.703 bits per heavy atom. The molecule has 10 rings (SSSR count). The smallest absolute Gasteiger partial charge is 0.497 e. The van der Waals surface area contributed by atoms with Gasteiger partial charge in [-0.15, -0.1) is 0 Å². The zero-order valence-corrected chi connectivity index (χ0v) is 59.7. The first-order valence-electron chi connectivity index (χ1n) is 36.6. The fourth-order valence-electron chi connectivity index (χ4n) is 17.3. The lowest BCUT2D eigenvalue weighted by Gasteiger charge is -2.58. The van der Waals surface area contributed by atoms with Crippen molar-refractivity contribution in [1.29, 1.82) is 0 Å². The molecular formula is C83H103FN6O11. The summed E-state index contributed by atoms with van der Waals surface area (Å²) >= 11 is 0. The van der Waals surface area contributed by atoms with Crippen LogP contribution in [0.25, 0.3) is 0 Å². The van der Waals surface area contributed by atoms with Gasteiger partial charge in [-0.3, -0.25) is 34.6 Å². The highest BCUT2D eigenvalue weighted by molar-refractivity contribution is 6.18. The second-order valence-corrected chi connectivity index (χ2v) is 29.5. The highest BCUT2D eigenvalue weighted by Crippen LogP contribution is 2.67. The van der Waals surface area contributed by atoms with Gasteiger partial charge in [-0.05, 0) is 200 Å². The van der Waals surface area contributed by atoms with Crippen LogP contribution < -0.4 is 36.1 Å². The molecule has 0 bridgehead atoms. The van der Waals surface area contributed by atoms with E-state index in [2.05, 4.69) is 80.9 Å². The number of unbranched alkanes of at least 4 members (excludes halogenated alkanes) is 1. The van der Waals surface area contributed by atoms with Gasteiger partial charge in [0.25, 0.3) is 17.5 Å². The third-order valence-corrected chi connectivity index (χ3v) is 22.6. The Hall–Kier alpha value is -8.58. The second-order valence-electron chi connectivity index (χ2n) is 29.5. The van der Waals surface area contributed by atoms with Crippen LogP contribution in [0.1, 0.15) is 172 Å². The average molecular weight is 1380 g/mol. The maximum absolute atomic E-state index is 15.3. The number of fused-ring (bicyclic) bond motifs is 5. The molecule has 4 amide bonds. The molecule has 1 unspecified atom stereocenters. The topological polar surface area (TPSA) is 231 Å². The molecule has 0 heterocycles. The van der Waals surface area contributed by atoms with Crippen LogP contribution in [0.15, 0.2) is 169 Å². The fraction of sp³-hybridized carbons (Fsp3) is 0.482. The first kappa shape index (κ1) is 75.1. The molecule has 101 heavy (non-hydrogen) atoms. The van der Waals surface area contributed by atoms with E-state index in [1.165, 1.54) is 118 Å². The van der Waals surface area contributed by atoms with E-state index >= 15 is 9.59 Å². The number of non-ortho nitro benzene ring substituents is 1. The summed E-state index contributed by atoms with van der Waals surface area (Å²) in [5, 5.41) is 20.7. The summed E-state index contributed by atoms with van der Waals surface area (Å²) in [4.78, 5) is 81.9. The average Bonchev–Trinajstić information content (AvgIpc) is 1.40. The van der Waals surface area contributed by atoms with Gasteiger partial charge >= 0.3 is 6.16 Å². The minimum atomic E-state index is -1.44. The molecule has 4 aliphatic carbocycles. The van der Waals surface area contributed by atoms with Crippen LogP contribution in [0.3, 0.4) is 0 Å². The summed E-state index contributed by atoms with van der Waals surface area (Å²) in [6.07, 6.45) is 16.5. The predicted molar refractivity (Wildman–Crippen MR) is 390 cm³/mol. The van der Waals surface area contributed by atoms with Gasteiger partial charge in [0, 0.05) is 44.5 Å². The van der Waals surface area contributed by atoms with Crippen molar-refractivity contribution in [3.05, 3.63) is 213 Å². The van der Waals surface area contributed by atoms with E-state index in [1.54, 1.807) is 18.7 Å². The number of rotatable bonds is 33. The van der Waals surface area contributed by atoms with Crippen molar-refractivity contribution in [3.63, 3.8) is 0 Å². The molecule has 3 saturated carbocycles. The largest absolute Gasteiger partial charge is 0.514 e. The molecule has 0 radical (unpaired) electrons. The van der Waals surface area contributed by atoms with Gasteiger partial charge in [0.1, 0.15) is 30.0 Å². The molecule has 6 aromatic carbocycles. The number of benzene rings is 6. The van der Waals surface area contributed by atoms with Gasteiger partial charge in [-0.1, -0.05) is 169 Å². The maximum Gasteiger partial charge on any atom is 0.514 e. The van der Waals surface area contributed by atoms with Crippen molar-refractivity contribution in [2.24, 2.45) is 52.1 Å². The molecule has 5 N–H and O–H groups in total. The van der Waals surface area contributed by atoms with Crippen LogP contribution in [-0.4, -0.2) is 79.7 Å². The monoisotopic (exact) mass is 1380 g/mol. The first-order valence-corrected chi connectivity index (χ1v) is 36.6. The lowest BCUT2D eigenvalue weighted by Crippen LogP contribution is -2.55.